The Kier molecular flexibility index (Phi) is 13.2. The number of methoxy groups -OCH3 is 1. The van der Waals surface area contributed by atoms with E-state index in [-0.39, 0.29) is 36.1 Å². The molecular formula is C33H43NO6S2. The molecule has 42 heavy (non-hydrogen) atoms. The number of carbonyl (C=O) groups excluding carboxylic acids is 1. The van der Waals surface area contributed by atoms with Crippen LogP contribution in [0.2, 0.25) is 0 Å². The Morgan fingerprint density at radius 3 is 2.07 bits per heavy atom. The van der Waals surface area contributed by atoms with E-state index in [1.807, 2.05) is 93.6 Å². The van der Waals surface area contributed by atoms with Crippen molar-refractivity contribution < 1.29 is 26.9 Å². The maximum atomic E-state index is 13.0. The van der Waals surface area contributed by atoms with E-state index in [1.165, 1.54) is 5.56 Å². The fraction of sp³-hybridized carbons (Fsp3) is 0.424. The number of benzene rings is 3. The van der Waals surface area contributed by atoms with Gasteiger partial charge in [0.1, 0.15) is 12.4 Å². The van der Waals surface area contributed by atoms with Gasteiger partial charge in [-0.1, -0.05) is 93.6 Å². The summed E-state index contributed by atoms with van der Waals surface area (Å²) in [5.74, 6) is 1.26. The van der Waals surface area contributed by atoms with Crippen LogP contribution >= 0.6 is 11.8 Å². The molecule has 0 aromatic heterocycles. The van der Waals surface area contributed by atoms with Crippen LogP contribution < -0.4 is 10.1 Å². The summed E-state index contributed by atoms with van der Waals surface area (Å²) in [5, 5.41) is 2.91. The monoisotopic (exact) mass is 613 g/mol. The van der Waals surface area contributed by atoms with Crippen LogP contribution in [0.15, 0.2) is 84.9 Å². The molecule has 0 spiro atoms. The molecule has 0 bridgehead atoms. The highest BCUT2D eigenvalue weighted by atomic mass is 32.2. The van der Waals surface area contributed by atoms with Crippen LogP contribution in [0.25, 0.3) is 0 Å². The first-order valence-corrected chi connectivity index (χ1v) is 16.8. The van der Waals surface area contributed by atoms with Crippen molar-refractivity contribution in [3.63, 3.8) is 0 Å². The summed E-state index contributed by atoms with van der Waals surface area (Å²) >= 11 is 1.69. The molecule has 1 N–H and O–H groups in total. The van der Waals surface area contributed by atoms with Crippen LogP contribution in [0.1, 0.15) is 50.3 Å². The number of thioether (sulfide) groups is 1. The van der Waals surface area contributed by atoms with Crippen LogP contribution in [0.3, 0.4) is 0 Å². The molecule has 3 rings (SSSR count). The third kappa shape index (κ3) is 12.9. The van der Waals surface area contributed by atoms with Gasteiger partial charge in [-0.15, -0.1) is 0 Å². The van der Waals surface area contributed by atoms with Gasteiger partial charge < -0.3 is 14.8 Å². The number of carbonyl (C=O) groups is 1. The molecule has 0 saturated carbocycles. The topological polar surface area (TPSA) is 90.9 Å². The highest BCUT2D eigenvalue weighted by molar-refractivity contribution is 7.99. The Bertz CT molecular complexity index is 1310. The first-order valence-electron chi connectivity index (χ1n) is 14.2. The van der Waals surface area contributed by atoms with Crippen LogP contribution in [-0.2, 0) is 37.8 Å². The average molecular weight is 614 g/mol. The summed E-state index contributed by atoms with van der Waals surface area (Å²) < 4.78 is 41.8. The van der Waals surface area contributed by atoms with Crippen molar-refractivity contribution >= 4 is 28.0 Å². The SMILES string of the molecule is COc1ccc(CS[C@@H](CCc2ccccc2)[C@@H](CCS(=O)(=O)OCC(C)(C)C)NC(=O)OCc2ccccc2)cc1. The standard InChI is InChI=1S/C33H43NO6S2/c1-33(2,3)25-40-42(36,37)22-21-30(34-32(35)39-23-27-13-9-6-10-14-27)31(20-17-26-11-7-5-8-12-26)41-24-28-15-18-29(38-4)19-16-28/h5-16,18-19,30-31H,17,20-25H2,1-4H3,(H,34,35)/t30-,31+/m1/s1. The zero-order valence-electron chi connectivity index (χ0n) is 25.0. The normalized spacial score (nSPS) is 13.2. The second-order valence-electron chi connectivity index (χ2n) is 11.4. The summed E-state index contributed by atoms with van der Waals surface area (Å²) in [6, 6.07) is 27.0. The lowest BCUT2D eigenvalue weighted by molar-refractivity contribution is 0.135. The van der Waals surface area contributed by atoms with Gasteiger partial charge in [-0.05, 0) is 53.5 Å². The summed E-state index contributed by atoms with van der Waals surface area (Å²) in [6.45, 7) is 5.98. The molecule has 7 nitrogen and oxygen atoms in total. The van der Waals surface area contributed by atoms with Crippen LogP contribution in [0, 0.1) is 5.41 Å². The molecular weight excluding hydrogens is 570 g/mol. The van der Waals surface area contributed by atoms with Gasteiger partial charge in [0.25, 0.3) is 10.1 Å². The lowest BCUT2D eigenvalue weighted by Gasteiger charge is -2.28. The van der Waals surface area contributed by atoms with Gasteiger partial charge in [0.15, 0.2) is 0 Å². The van der Waals surface area contributed by atoms with E-state index in [1.54, 1.807) is 18.9 Å². The Morgan fingerprint density at radius 2 is 1.48 bits per heavy atom. The van der Waals surface area contributed by atoms with E-state index in [0.717, 1.165) is 29.7 Å². The van der Waals surface area contributed by atoms with E-state index in [9.17, 15) is 13.2 Å². The first kappa shape index (κ1) is 33.5. The highest BCUT2D eigenvalue weighted by Crippen LogP contribution is 2.28. The summed E-state index contributed by atoms with van der Waals surface area (Å²) in [5.41, 5.74) is 2.87. The largest absolute Gasteiger partial charge is 0.497 e. The molecule has 2 atom stereocenters. The summed E-state index contributed by atoms with van der Waals surface area (Å²) in [6.07, 6.45) is 1.14. The Morgan fingerprint density at radius 1 is 0.857 bits per heavy atom. The van der Waals surface area contributed by atoms with Crippen molar-refractivity contribution in [2.75, 3.05) is 19.5 Å². The molecule has 1 amide bonds. The van der Waals surface area contributed by atoms with Gasteiger partial charge in [-0.3, -0.25) is 4.18 Å². The maximum absolute atomic E-state index is 13.0. The Balaban J connectivity index is 1.77. The minimum Gasteiger partial charge on any atom is -0.497 e. The van der Waals surface area contributed by atoms with Crippen molar-refractivity contribution in [1.82, 2.24) is 5.32 Å². The lowest BCUT2D eigenvalue weighted by atomic mass is 9.99. The Labute approximate surface area is 255 Å². The molecule has 0 saturated heterocycles. The van der Waals surface area contributed by atoms with Crippen LogP contribution in [0.5, 0.6) is 5.75 Å². The minimum absolute atomic E-state index is 0.0885. The number of hydrogen-bond acceptors (Lipinski definition) is 7. The van der Waals surface area contributed by atoms with Crippen LogP contribution in [-0.4, -0.2) is 45.3 Å². The van der Waals surface area contributed by atoms with Gasteiger partial charge in [0, 0.05) is 17.0 Å². The van der Waals surface area contributed by atoms with Crippen molar-refractivity contribution in [3.8, 4) is 5.75 Å². The number of ether oxygens (including phenoxy) is 2. The molecule has 3 aromatic rings. The fourth-order valence-electron chi connectivity index (χ4n) is 4.14. The molecule has 0 fully saturated rings. The molecule has 0 aliphatic carbocycles. The minimum atomic E-state index is -3.79. The average Bonchev–Trinajstić information content (AvgIpc) is 2.98. The summed E-state index contributed by atoms with van der Waals surface area (Å²) in [4.78, 5) is 13.0. The molecule has 0 radical (unpaired) electrons. The van der Waals surface area contributed by atoms with Gasteiger partial charge in [0.05, 0.1) is 19.5 Å². The predicted octanol–water partition coefficient (Wildman–Crippen LogP) is 7.01. The van der Waals surface area contributed by atoms with Gasteiger partial charge in [-0.2, -0.15) is 20.2 Å². The number of aryl methyl sites for hydroxylation is 1. The van der Waals surface area contributed by atoms with Gasteiger partial charge in [-0.25, -0.2) is 4.79 Å². The van der Waals surface area contributed by atoms with Crippen molar-refractivity contribution in [2.24, 2.45) is 5.41 Å². The van der Waals surface area contributed by atoms with Gasteiger partial charge in [0.2, 0.25) is 0 Å². The van der Waals surface area contributed by atoms with E-state index in [4.69, 9.17) is 13.7 Å². The number of alkyl carbamates (subject to hydrolysis) is 1. The molecule has 3 aromatic carbocycles. The zero-order chi connectivity index (χ0) is 30.4. The van der Waals surface area contributed by atoms with E-state index < -0.39 is 22.3 Å². The Hall–Kier alpha value is -3.01. The zero-order valence-corrected chi connectivity index (χ0v) is 26.6. The molecule has 9 heteroatoms. The summed E-state index contributed by atoms with van der Waals surface area (Å²) in [7, 11) is -2.16. The first-order chi connectivity index (χ1) is 20.0. The fourth-order valence-corrected chi connectivity index (χ4v) is 6.66. The molecule has 228 valence electrons. The third-order valence-corrected chi connectivity index (χ3v) is 9.20. The van der Waals surface area contributed by atoms with Crippen LogP contribution in [0.4, 0.5) is 4.79 Å². The number of amides is 1. The smallest absolute Gasteiger partial charge is 0.407 e. The highest BCUT2D eigenvalue weighted by Gasteiger charge is 2.28. The number of rotatable bonds is 16. The molecule has 0 unspecified atom stereocenters. The van der Waals surface area contributed by atoms with E-state index in [2.05, 4.69) is 17.4 Å². The second-order valence-corrected chi connectivity index (χ2v) is 14.4. The van der Waals surface area contributed by atoms with Crippen molar-refractivity contribution in [1.29, 1.82) is 0 Å². The number of hydrogen-bond donors (Lipinski definition) is 1. The van der Waals surface area contributed by atoms with Gasteiger partial charge >= 0.3 is 6.09 Å². The predicted molar refractivity (Wildman–Crippen MR) is 170 cm³/mol. The lowest BCUT2D eigenvalue weighted by Crippen LogP contribution is -2.43. The van der Waals surface area contributed by atoms with Crippen molar-refractivity contribution in [3.05, 3.63) is 102 Å². The van der Waals surface area contributed by atoms with E-state index >= 15 is 0 Å². The maximum Gasteiger partial charge on any atom is 0.407 e. The molecule has 0 aliphatic heterocycles. The molecule has 0 aliphatic rings. The van der Waals surface area contributed by atoms with Crippen molar-refractivity contribution in [2.45, 2.75) is 63.7 Å². The van der Waals surface area contributed by atoms with E-state index in [0.29, 0.717) is 5.75 Å². The quantitative estimate of drug-likeness (QED) is 0.174. The number of nitrogens with one attached hydrogen (secondary N) is 1. The third-order valence-electron chi connectivity index (χ3n) is 6.50. The molecule has 0 heterocycles. The second kappa shape index (κ2) is 16.6.